The lowest BCUT2D eigenvalue weighted by Gasteiger charge is -2.26. The Bertz CT molecular complexity index is 853. The van der Waals surface area contributed by atoms with Crippen molar-refractivity contribution in [3.63, 3.8) is 0 Å². The molecule has 2 aromatic rings. The number of amides is 1. The molecule has 138 valence electrons. The minimum atomic E-state index is -0.744. The van der Waals surface area contributed by atoms with Crippen LogP contribution in [0.2, 0.25) is 0 Å². The van der Waals surface area contributed by atoms with Gasteiger partial charge in [0.2, 0.25) is 5.91 Å². The van der Waals surface area contributed by atoms with E-state index in [1.165, 1.54) is 0 Å². The number of carboxylic acids is 1. The van der Waals surface area contributed by atoms with Crippen LogP contribution in [0.4, 0.5) is 0 Å². The van der Waals surface area contributed by atoms with Crippen LogP contribution < -0.4 is 10.9 Å². The van der Waals surface area contributed by atoms with Gasteiger partial charge < -0.3 is 15.4 Å². The largest absolute Gasteiger partial charge is 0.481 e. The molecular weight excluding hydrogens is 334 g/mol. The number of aromatic nitrogens is 2. The van der Waals surface area contributed by atoms with Gasteiger partial charge in [-0.15, -0.1) is 0 Å². The Morgan fingerprint density at radius 3 is 2.65 bits per heavy atom. The van der Waals surface area contributed by atoms with Crippen molar-refractivity contribution in [2.24, 2.45) is 5.92 Å². The molecule has 1 saturated carbocycles. The van der Waals surface area contributed by atoms with Gasteiger partial charge in [0.25, 0.3) is 5.56 Å². The number of hydrogen-bond acceptors (Lipinski definition) is 4. The SMILES string of the molecule is O=C(CCCc1nc2ccccc2c(=O)[nH]1)NC1CCC(C(=O)O)CC1. The molecule has 0 unspecified atom stereocenters. The van der Waals surface area contributed by atoms with Gasteiger partial charge in [-0.05, 0) is 44.2 Å². The predicted octanol–water partition coefficient (Wildman–Crippen LogP) is 2.01. The van der Waals surface area contributed by atoms with Gasteiger partial charge in [-0.2, -0.15) is 0 Å². The summed E-state index contributed by atoms with van der Waals surface area (Å²) in [5.41, 5.74) is 0.496. The Hall–Kier alpha value is -2.70. The highest BCUT2D eigenvalue weighted by atomic mass is 16.4. The lowest BCUT2D eigenvalue weighted by Crippen LogP contribution is -2.38. The first-order valence-electron chi connectivity index (χ1n) is 9.03. The molecule has 0 radical (unpaired) electrons. The monoisotopic (exact) mass is 357 g/mol. The molecule has 1 fully saturated rings. The molecule has 1 amide bonds. The Balaban J connectivity index is 1.46. The average Bonchev–Trinajstić information content (AvgIpc) is 2.62. The summed E-state index contributed by atoms with van der Waals surface area (Å²) in [6.07, 6.45) is 4.13. The third-order valence-corrected chi connectivity index (χ3v) is 4.92. The summed E-state index contributed by atoms with van der Waals surface area (Å²) < 4.78 is 0. The molecule has 26 heavy (non-hydrogen) atoms. The number of nitrogens with one attached hydrogen (secondary N) is 2. The minimum Gasteiger partial charge on any atom is -0.481 e. The first kappa shape index (κ1) is 18.1. The van der Waals surface area contributed by atoms with Crippen molar-refractivity contribution in [3.05, 3.63) is 40.4 Å². The summed E-state index contributed by atoms with van der Waals surface area (Å²) >= 11 is 0. The molecule has 1 aliphatic rings. The van der Waals surface area contributed by atoms with Gasteiger partial charge in [-0.1, -0.05) is 12.1 Å². The molecule has 3 rings (SSSR count). The zero-order valence-corrected chi connectivity index (χ0v) is 14.5. The smallest absolute Gasteiger partial charge is 0.306 e. The normalized spacial score (nSPS) is 20.0. The number of nitrogens with zero attached hydrogens (tertiary/aromatic N) is 1. The number of para-hydroxylation sites is 1. The van der Waals surface area contributed by atoms with Crippen molar-refractivity contribution in [1.82, 2.24) is 15.3 Å². The maximum Gasteiger partial charge on any atom is 0.306 e. The summed E-state index contributed by atoms with van der Waals surface area (Å²) in [6.45, 7) is 0. The summed E-state index contributed by atoms with van der Waals surface area (Å²) in [4.78, 5) is 42.2. The van der Waals surface area contributed by atoms with Crippen molar-refractivity contribution in [2.45, 2.75) is 51.0 Å². The highest BCUT2D eigenvalue weighted by molar-refractivity contribution is 5.77. The lowest BCUT2D eigenvalue weighted by atomic mass is 9.86. The van der Waals surface area contributed by atoms with Gasteiger partial charge >= 0.3 is 5.97 Å². The predicted molar refractivity (Wildman–Crippen MR) is 96.8 cm³/mol. The standard InChI is InChI=1S/C19H23N3O4/c23-17(20-13-10-8-12(9-11-13)19(25)26)7-3-6-16-21-15-5-2-1-4-14(15)18(24)22-16/h1-2,4-5,12-13H,3,6-11H2,(H,20,23)(H,25,26)(H,21,22,24). The molecule has 1 heterocycles. The molecule has 0 bridgehead atoms. The van der Waals surface area contributed by atoms with Crippen molar-refractivity contribution >= 4 is 22.8 Å². The first-order chi connectivity index (χ1) is 12.5. The van der Waals surface area contributed by atoms with Gasteiger partial charge in [0, 0.05) is 18.9 Å². The van der Waals surface area contributed by atoms with E-state index < -0.39 is 5.97 Å². The van der Waals surface area contributed by atoms with Crippen LogP contribution in [0.1, 0.15) is 44.3 Å². The van der Waals surface area contributed by atoms with E-state index >= 15 is 0 Å². The van der Waals surface area contributed by atoms with Gasteiger partial charge in [-0.25, -0.2) is 4.98 Å². The second kappa shape index (κ2) is 8.12. The fraction of sp³-hybridized carbons (Fsp3) is 0.474. The molecular formula is C19H23N3O4. The van der Waals surface area contributed by atoms with Crippen LogP contribution in [0.5, 0.6) is 0 Å². The molecule has 1 aromatic carbocycles. The van der Waals surface area contributed by atoms with Crippen LogP contribution >= 0.6 is 0 Å². The van der Waals surface area contributed by atoms with Crippen LogP contribution in [-0.4, -0.2) is 33.0 Å². The molecule has 0 aliphatic heterocycles. The summed E-state index contributed by atoms with van der Waals surface area (Å²) in [7, 11) is 0. The van der Waals surface area contributed by atoms with E-state index in [2.05, 4.69) is 15.3 Å². The lowest BCUT2D eigenvalue weighted by molar-refractivity contribution is -0.142. The second-order valence-electron chi connectivity index (χ2n) is 6.84. The molecule has 7 heteroatoms. The fourth-order valence-electron chi connectivity index (χ4n) is 3.45. The highest BCUT2D eigenvalue weighted by Crippen LogP contribution is 2.24. The zero-order valence-electron chi connectivity index (χ0n) is 14.5. The number of carbonyl (C=O) groups is 2. The maximum atomic E-state index is 12.1. The molecule has 3 N–H and O–H groups in total. The molecule has 7 nitrogen and oxygen atoms in total. The number of hydrogen-bond donors (Lipinski definition) is 3. The van der Waals surface area contributed by atoms with Gasteiger partial charge in [-0.3, -0.25) is 14.4 Å². The Kier molecular flexibility index (Phi) is 5.65. The van der Waals surface area contributed by atoms with Crippen LogP contribution in [0.3, 0.4) is 0 Å². The molecule has 0 atom stereocenters. The van der Waals surface area contributed by atoms with Crippen molar-refractivity contribution in [2.75, 3.05) is 0 Å². The quantitative estimate of drug-likeness (QED) is 0.732. The first-order valence-corrected chi connectivity index (χ1v) is 9.03. The summed E-state index contributed by atoms with van der Waals surface area (Å²) in [6, 6.07) is 7.24. The second-order valence-corrected chi connectivity index (χ2v) is 6.84. The molecule has 0 saturated heterocycles. The van der Waals surface area contributed by atoms with E-state index in [0.717, 1.165) is 0 Å². The number of aromatic amines is 1. The summed E-state index contributed by atoms with van der Waals surface area (Å²) in [5.74, 6) is -0.471. The van der Waals surface area contributed by atoms with Gasteiger partial charge in [0.1, 0.15) is 5.82 Å². The van der Waals surface area contributed by atoms with E-state index in [9.17, 15) is 14.4 Å². The number of fused-ring (bicyclic) bond motifs is 1. The van der Waals surface area contributed by atoms with E-state index in [1.54, 1.807) is 18.2 Å². The third kappa shape index (κ3) is 4.47. The van der Waals surface area contributed by atoms with Crippen LogP contribution in [0.15, 0.2) is 29.1 Å². The minimum absolute atomic E-state index is 0.0353. The van der Waals surface area contributed by atoms with Crippen LogP contribution in [0.25, 0.3) is 10.9 Å². The van der Waals surface area contributed by atoms with Crippen molar-refractivity contribution in [1.29, 1.82) is 0 Å². The Morgan fingerprint density at radius 1 is 1.19 bits per heavy atom. The molecule has 0 spiro atoms. The maximum absolute atomic E-state index is 12.1. The number of H-pyrrole nitrogens is 1. The molecule has 1 aromatic heterocycles. The van der Waals surface area contributed by atoms with Crippen LogP contribution in [0, 0.1) is 5.92 Å². The third-order valence-electron chi connectivity index (χ3n) is 4.92. The number of carboxylic acid groups (broad SMARTS) is 1. The van der Waals surface area contributed by atoms with Crippen molar-refractivity contribution < 1.29 is 14.7 Å². The summed E-state index contributed by atoms with van der Waals surface area (Å²) in [5, 5.41) is 12.5. The van der Waals surface area contributed by atoms with Gasteiger partial charge in [0.05, 0.1) is 16.8 Å². The number of carbonyl (C=O) groups excluding carboxylic acids is 1. The van der Waals surface area contributed by atoms with Crippen LogP contribution in [-0.2, 0) is 16.0 Å². The zero-order chi connectivity index (χ0) is 18.5. The molecule has 1 aliphatic carbocycles. The number of rotatable bonds is 6. The average molecular weight is 357 g/mol. The number of benzene rings is 1. The highest BCUT2D eigenvalue weighted by Gasteiger charge is 2.26. The Labute approximate surface area is 150 Å². The van der Waals surface area contributed by atoms with E-state index in [-0.39, 0.29) is 23.4 Å². The van der Waals surface area contributed by atoms with Crippen molar-refractivity contribution in [3.8, 4) is 0 Å². The number of aryl methyl sites for hydroxylation is 1. The fourth-order valence-corrected chi connectivity index (χ4v) is 3.45. The van der Waals surface area contributed by atoms with E-state index in [1.807, 2.05) is 6.07 Å². The topological polar surface area (TPSA) is 112 Å². The number of aliphatic carboxylic acids is 1. The van der Waals surface area contributed by atoms with Gasteiger partial charge in [0.15, 0.2) is 0 Å². The van der Waals surface area contributed by atoms with E-state index in [0.29, 0.717) is 61.7 Å². The Morgan fingerprint density at radius 2 is 1.92 bits per heavy atom. The van der Waals surface area contributed by atoms with E-state index in [4.69, 9.17) is 5.11 Å².